The number of carbonyl (C=O) groups excluding carboxylic acids is 1. The molecule has 3 heterocycles. The molecule has 122 valence electrons. The number of carbonyl (C=O) groups is 1. The lowest BCUT2D eigenvalue weighted by molar-refractivity contribution is -0.136. The molecule has 2 atom stereocenters. The lowest BCUT2D eigenvalue weighted by Crippen LogP contribution is -2.52. The Bertz CT molecular complexity index is 387. The van der Waals surface area contributed by atoms with Crippen molar-refractivity contribution in [3.63, 3.8) is 0 Å². The third kappa shape index (κ3) is 3.05. The quantitative estimate of drug-likeness (QED) is 0.789. The van der Waals surface area contributed by atoms with E-state index in [0.717, 1.165) is 32.7 Å². The maximum atomic E-state index is 12.7. The highest BCUT2D eigenvalue weighted by Gasteiger charge is 2.58. The van der Waals surface area contributed by atoms with Gasteiger partial charge in [-0.1, -0.05) is 0 Å². The highest BCUT2D eigenvalue weighted by Crippen LogP contribution is 2.59. The first-order chi connectivity index (χ1) is 9.28. The number of nitrogens with one attached hydrogen (secondary N) is 1. The predicted octanol–water partition coefficient (Wildman–Crippen LogP) is 1.53. The number of fused-ring (bicyclic) bond motifs is 1. The molecule has 4 aliphatic rings. The largest absolute Gasteiger partial charge is 0.340 e. The summed E-state index contributed by atoms with van der Waals surface area (Å²) in [5.41, 5.74) is 0.398. The van der Waals surface area contributed by atoms with E-state index in [2.05, 4.69) is 15.1 Å². The Morgan fingerprint density at radius 3 is 2.62 bits per heavy atom. The van der Waals surface area contributed by atoms with E-state index in [0.29, 0.717) is 23.3 Å². The lowest BCUT2D eigenvalue weighted by Gasteiger charge is -2.38. The summed E-state index contributed by atoms with van der Waals surface area (Å²) in [6.45, 7) is 6.56. The molecular weight excluding hydrogens is 309 g/mol. The van der Waals surface area contributed by atoms with E-state index in [1.807, 2.05) is 0 Å². The molecular formula is C15H27Cl2N3O. The molecule has 4 fully saturated rings. The minimum atomic E-state index is 0. The van der Waals surface area contributed by atoms with Crippen LogP contribution in [0.2, 0.25) is 0 Å². The molecule has 0 radical (unpaired) electrons. The number of rotatable bonds is 1. The monoisotopic (exact) mass is 335 g/mol. The van der Waals surface area contributed by atoms with Crippen LogP contribution >= 0.6 is 24.8 Å². The molecule has 21 heavy (non-hydrogen) atoms. The van der Waals surface area contributed by atoms with Crippen LogP contribution in [0.4, 0.5) is 0 Å². The summed E-state index contributed by atoms with van der Waals surface area (Å²) in [6, 6.07) is 0.667. The number of nitrogens with zero attached hydrogens (tertiary/aromatic N) is 2. The van der Waals surface area contributed by atoms with Crippen molar-refractivity contribution in [1.29, 1.82) is 0 Å². The van der Waals surface area contributed by atoms with Crippen molar-refractivity contribution < 1.29 is 4.79 Å². The molecule has 1 saturated carbocycles. The van der Waals surface area contributed by atoms with Crippen molar-refractivity contribution >= 4 is 30.7 Å². The van der Waals surface area contributed by atoms with E-state index in [1.54, 1.807) is 0 Å². The van der Waals surface area contributed by atoms with E-state index in [9.17, 15) is 4.79 Å². The van der Waals surface area contributed by atoms with Crippen LogP contribution in [0.5, 0.6) is 0 Å². The highest BCUT2D eigenvalue weighted by atomic mass is 35.5. The van der Waals surface area contributed by atoms with Crippen LogP contribution in [-0.4, -0.2) is 61.0 Å². The van der Waals surface area contributed by atoms with Crippen LogP contribution < -0.4 is 5.32 Å². The molecule has 3 aliphatic heterocycles. The highest BCUT2D eigenvalue weighted by molar-refractivity contribution is 5.85. The smallest absolute Gasteiger partial charge is 0.226 e. The van der Waals surface area contributed by atoms with Gasteiger partial charge in [-0.2, -0.15) is 0 Å². The predicted molar refractivity (Wildman–Crippen MR) is 88.3 cm³/mol. The molecule has 6 heteroatoms. The summed E-state index contributed by atoms with van der Waals surface area (Å²) >= 11 is 0. The normalized spacial score (nSPS) is 33.8. The van der Waals surface area contributed by atoms with E-state index in [-0.39, 0.29) is 24.8 Å². The molecule has 1 amide bonds. The second-order valence-electron chi connectivity index (χ2n) is 6.99. The molecule has 0 bridgehead atoms. The van der Waals surface area contributed by atoms with Crippen molar-refractivity contribution in [3.05, 3.63) is 0 Å². The van der Waals surface area contributed by atoms with Gasteiger partial charge in [0.15, 0.2) is 0 Å². The number of hydrogen-bond acceptors (Lipinski definition) is 3. The molecule has 2 unspecified atom stereocenters. The zero-order valence-electron chi connectivity index (χ0n) is 12.6. The van der Waals surface area contributed by atoms with Crippen LogP contribution in [0.1, 0.15) is 32.1 Å². The van der Waals surface area contributed by atoms with Gasteiger partial charge in [0.25, 0.3) is 0 Å². The van der Waals surface area contributed by atoms with Gasteiger partial charge in [0.05, 0.1) is 0 Å². The Morgan fingerprint density at radius 1 is 1.10 bits per heavy atom. The second kappa shape index (κ2) is 6.61. The fourth-order valence-corrected chi connectivity index (χ4v) is 4.59. The maximum Gasteiger partial charge on any atom is 0.226 e. The molecule has 3 saturated heterocycles. The zero-order valence-corrected chi connectivity index (χ0v) is 14.2. The average Bonchev–Trinajstić information content (AvgIpc) is 2.93. The summed E-state index contributed by atoms with van der Waals surface area (Å²) in [7, 11) is 0. The van der Waals surface area contributed by atoms with Gasteiger partial charge < -0.3 is 10.2 Å². The first-order valence-electron chi connectivity index (χ1n) is 8.02. The van der Waals surface area contributed by atoms with Crippen molar-refractivity contribution in [2.75, 3.05) is 39.3 Å². The Morgan fingerprint density at radius 2 is 1.86 bits per heavy atom. The Labute approximate surface area is 139 Å². The minimum absolute atomic E-state index is 0. The summed E-state index contributed by atoms with van der Waals surface area (Å²) < 4.78 is 0. The second-order valence-corrected chi connectivity index (χ2v) is 6.99. The minimum Gasteiger partial charge on any atom is -0.340 e. The zero-order chi connectivity index (χ0) is 12.9. The number of piperazine rings is 1. The van der Waals surface area contributed by atoms with E-state index in [1.165, 1.54) is 38.6 Å². The van der Waals surface area contributed by atoms with Gasteiger partial charge in [0.2, 0.25) is 5.91 Å². The topological polar surface area (TPSA) is 35.6 Å². The molecule has 4 rings (SSSR count). The van der Waals surface area contributed by atoms with Gasteiger partial charge in [-0.3, -0.25) is 9.69 Å². The molecule has 0 aromatic carbocycles. The van der Waals surface area contributed by atoms with Crippen LogP contribution in [0, 0.1) is 11.3 Å². The molecule has 1 N–H and O–H groups in total. The summed E-state index contributed by atoms with van der Waals surface area (Å²) in [5, 5.41) is 3.42. The Hall–Kier alpha value is -0.0300. The first kappa shape index (κ1) is 17.3. The number of piperidine rings is 1. The van der Waals surface area contributed by atoms with Crippen LogP contribution in [0.3, 0.4) is 0 Å². The molecule has 1 spiro atoms. The number of hydrogen-bond donors (Lipinski definition) is 1. The van der Waals surface area contributed by atoms with Crippen LogP contribution in [0.15, 0.2) is 0 Å². The van der Waals surface area contributed by atoms with Crippen LogP contribution in [-0.2, 0) is 4.79 Å². The van der Waals surface area contributed by atoms with Crippen molar-refractivity contribution in [2.45, 2.75) is 38.1 Å². The average molecular weight is 336 g/mol. The van der Waals surface area contributed by atoms with E-state index >= 15 is 0 Å². The first-order valence-corrected chi connectivity index (χ1v) is 8.02. The Balaban J connectivity index is 0.000000807. The van der Waals surface area contributed by atoms with Gasteiger partial charge in [0, 0.05) is 31.6 Å². The van der Waals surface area contributed by atoms with Gasteiger partial charge in [-0.05, 0) is 57.2 Å². The molecule has 1 aliphatic carbocycles. The van der Waals surface area contributed by atoms with E-state index < -0.39 is 0 Å². The number of halogens is 2. The van der Waals surface area contributed by atoms with E-state index in [4.69, 9.17) is 0 Å². The molecule has 0 aromatic heterocycles. The standard InChI is InChI=1S/C15H25N3O.2ClH/c19-14(13-10-15(13)3-5-16-6-4-15)18-9-8-17-7-1-2-12(17)11-18;;/h12-13,16H,1-11H2;2*1H. The van der Waals surface area contributed by atoms with Crippen LogP contribution in [0.25, 0.3) is 0 Å². The fraction of sp³-hybridized carbons (Fsp3) is 0.933. The van der Waals surface area contributed by atoms with Gasteiger partial charge >= 0.3 is 0 Å². The van der Waals surface area contributed by atoms with Gasteiger partial charge in [-0.15, -0.1) is 24.8 Å². The molecule has 0 aromatic rings. The SMILES string of the molecule is Cl.Cl.O=C(C1CC12CCNCC2)N1CCN2CCCC2C1. The number of amides is 1. The Kier molecular flexibility index (Phi) is 5.45. The van der Waals surface area contributed by atoms with Crippen molar-refractivity contribution in [3.8, 4) is 0 Å². The summed E-state index contributed by atoms with van der Waals surface area (Å²) in [4.78, 5) is 17.5. The van der Waals surface area contributed by atoms with Crippen molar-refractivity contribution in [2.24, 2.45) is 11.3 Å². The third-order valence-corrected chi connectivity index (χ3v) is 5.99. The van der Waals surface area contributed by atoms with Crippen molar-refractivity contribution in [1.82, 2.24) is 15.1 Å². The third-order valence-electron chi connectivity index (χ3n) is 5.99. The fourth-order valence-electron chi connectivity index (χ4n) is 4.59. The maximum absolute atomic E-state index is 12.7. The van der Waals surface area contributed by atoms with Gasteiger partial charge in [0.1, 0.15) is 0 Å². The summed E-state index contributed by atoms with van der Waals surface area (Å²) in [6.07, 6.45) is 6.22. The molecule has 4 nitrogen and oxygen atoms in total. The lowest BCUT2D eigenvalue weighted by atomic mass is 9.91. The van der Waals surface area contributed by atoms with Gasteiger partial charge in [-0.25, -0.2) is 0 Å². The summed E-state index contributed by atoms with van der Waals surface area (Å²) in [5.74, 6) is 0.844.